The molecule has 2 atom stereocenters. The second kappa shape index (κ2) is 7.22. The zero-order valence-corrected chi connectivity index (χ0v) is 16.4. The number of fused-ring (bicyclic) bond motifs is 1. The second-order valence-electron chi connectivity index (χ2n) is 6.62. The molecule has 0 saturated carbocycles. The molecule has 7 nitrogen and oxygen atoms in total. The zero-order chi connectivity index (χ0) is 18.9. The summed E-state index contributed by atoms with van der Waals surface area (Å²) in [5.41, 5.74) is 0.660. The van der Waals surface area contributed by atoms with Crippen molar-refractivity contribution in [3.63, 3.8) is 0 Å². The van der Waals surface area contributed by atoms with E-state index >= 15 is 0 Å². The van der Waals surface area contributed by atoms with E-state index in [2.05, 4.69) is 9.72 Å². The highest BCUT2D eigenvalue weighted by Gasteiger charge is 2.39. The molecule has 1 fully saturated rings. The van der Waals surface area contributed by atoms with Gasteiger partial charge in [0.25, 0.3) is 0 Å². The quantitative estimate of drug-likeness (QED) is 0.714. The fourth-order valence-corrected chi connectivity index (χ4v) is 5.77. The summed E-state index contributed by atoms with van der Waals surface area (Å²) in [5.74, 6) is -1.59. The molecule has 1 saturated heterocycles. The van der Waals surface area contributed by atoms with E-state index in [0.29, 0.717) is 11.9 Å². The van der Waals surface area contributed by atoms with Crippen LogP contribution >= 0.6 is 11.3 Å². The van der Waals surface area contributed by atoms with Crippen molar-refractivity contribution in [2.45, 2.75) is 49.0 Å². The standard InChI is InChI=1S/C17H21NO6S2/c1-17(2)23-11(9-15(19)22-3)8-12(24-17)10-26(20,21)16-18-13-6-4-5-7-14(13)25-16/h4-7,11-12H,8-10H2,1-3H3. The summed E-state index contributed by atoms with van der Waals surface area (Å²) in [6.07, 6.45) is -0.698. The van der Waals surface area contributed by atoms with Crippen molar-refractivity contribution < 1.29 is 27.4 Å². The minimum atomic E-state index is -3.62. The lowest BCUT2D eigenvalue weighted by Crippen LogP contribution is -2.47. The number of rotatable bonds is 5. The molecule has 1 aromatic carbocycles. The van der Waals surface area contributed by atoms with Gasteiger partial charge in [0.05, 0.1) is 41.7 Å². The van der Waals surface area contributed by atoms with Crippen molar-refractivity contribution in [1.29, 1.82) is 0 Å². The summed E-state index contributed by atoms with van der Waals surface area (Å²) < 4.78 is 42.7. The van der Waals surface area contributed by atoms with Crippen LogP contribution in [-0.4, -0.2) is 50.2 Å². The molecule has 0 radical (unpaired) electrons. The average molecular weight is 399 g/mol. The van der Waals surface area contributed by atoms with Crippen LogP contribution in [-0.2, 0) is 28.8 Å². The molecule has 0 aliphatic carbocycles. The van der Waals surface area contributed by atoms with Gasteiger partial charge in [-0.15, -0.1) is 11.3 Å². The Balaban J connectivity index is 1.78. The zero-order valence-electron chi connectivity index (χ0n) is 14.8. The Kier molecular flexibility index (Phi) is 5.34. The van der Waals surface area contributed by atoms with E-state index in [9.17, 15) is 13.2 Å². The monoisotopic (exact) mass is 399 g/mol. The molecule has 1 aromatic heterocycles. The van der Waals surface area contributed by atoms with Crippen LogP contribution in [0.1, 0.15) is 26.7 Å². The van der Waals surface area contributed by atoms with Gasteiger partial charge in [-0.2, -0.15) is 0 Å². The van der Waals surface area contributed by atoms with Gasteiger partial charge in [-0.25, -0.2) is 13.4 Å². The van der Waals surface area contributed by atoms with Gasteiger partial charge in [0.1, 0.15) is 0 Å². The summed E-state index contributed by atoms with van der Waals surface area (Å²) in [6, 6.07) is 7.29. The summed E-state index contributed by atoms with van der Waals surface area (Å²) in [6.45, 7) is 3.40. The number of aromatic nitrogens is 1. The van der Waals surface area contributed by atoms with Gasteiger partial charge in [-0.3, -0.25) is 4.79 Å². The van der Waals surface area contributed by atoms with Gasteiger partial charge < -0.3 is 14.2 Å². The molecule has 3 rings (SSSR count). The highest BCUT2D eigenvalue weighted by molar-refractivity contribution is 7.93. The Morgan fingerprint density at radius 2 is 2.00 bits per heavy atom. The van der Waals surface area contributed by atoms with Gasteiger partial charge in [-0.1, -0.05) is 12.1 Å². The number of ether oxygens (including phenoxy) is 3. The van der Waals surface area contributed by atoms with E-state index in [4.69, 9.17) is 9.47 Å². The van der Waals surface area contributed by atoms with Crippen LogP contribution in [0.5, 0.6) is 0 Å². The molecule has 2 heterocycles. The minimum absolute atomic E-state index is 0.0565. The lowest BCUT2D eigenvalue weighted by atomic mass is 10.1. The van der Waals surface area contributed by atoms with Crippen molar-refractivity contribution in [2.24, 2.45) is 0 Å². The van der Waals surface area contributed by atoms with Crippen molar-refractivity contribution in [2.75, 3.05) is 12.9 Å². The van der Waals surface area contributed by atoms with Gasteiger partial charge >= 0.3 is 5.97 Å². The normalized spacial score (nSPS) is 23.0. The number of methoxy groups -OCH3 is 1. The first-order valence-corrected chi connectivity index (χ1v) is 10.7. The predicted octanol–water partition coefficient (Wildman–Crippen LogP) is 2.54. The number of hydrogen-bond donors (Lipinski definition) is 0. The number of esters is 1. The third-order valence-corrected chi connectivity index (χ3v) is 7.27. The van der Waals surface area contributed by atoms with Crippen LogP contribution < -0.4 is 0 Å². The van der Waals surface area contributed by atoms with Crippen LogP contribution in [0.3, 0.4) is 0 Å². The molecule has 2 aromatic rings. The lowest BCUT2D eigenvalue weighted by molar-refractivity contribution is -0.295. The van der Waals surface area contributed by atoms with Gasteiger partial charge in [0.15, 0.2) is 5.79 Å². The highest BCUT2D eigenvalue weighted by atomic mass is 32.2. The Labute approximate surface area is 156 Å². The molecular weight excluding hydrogens is 378 g/mol. The molecule has 1 aliphatic heterocycles. The van der Waals surface area contributed by atoms with E-state index < -0.39 is 33.8 Å². The third-order valence-electron chi connectivity index (χ3n) is 3.99. The van der Waals surface area contributed by atoms with Crippen molar-refractivity contribution in [1.82, 2.24) is 4.98 Å². The lowest BCUT2D eigenvalue weighted by Gasteiger charge is -2.40. The molecule has 1 aliphatic rings. The number of nitrogens with zero attached hydrogens (tertiary/aromatic N) is 1. The van der Waals surface area contributed by atoms with Crippen molar-refractivity contribution in [3.05, 3.63) is 24.3 Å². The van der Waals surface area contributed by atoms with Gasteiger partial charge in [0.2, 0.25) is 14.2 Å². The number of sulfone groups is 1. The minimum Gasteiger partial charge on any atom is -0.469 e. The van der Waals surface area contributed by atoms with E-state index in [1.54, 1.807) is 19.9 Å². The van der Waals surface area contributed by atoms with E-state index in [0.717, 1.165) is 16.0 Å². The van der Waals surface area contributed by atoms with Crippen molar-refractivity contribution in [3.8, 4) is 0 Å². The first-order chi connectivity index (χ1) is 12.2. The molecule has 0 amide bonds. The maximum absolute atomic E-state index is 12.8. The molecule has 9 heteroatoms. The maximum atomic E-state index is 12.8. The molecule has 26 heavy (non-hydrogen) atoms. The molecule has 142 valence electrons. The number of thiazole rings is 1. The molecular formula is C17H21NO6S2. The number of hydrogen-bond acceptors (Lipinski definition) is 8. The first kappa shape index (κ1) is 19.2. The van der Waals surface area contributed by atoms with Crippen molar-refractivity contribution >= 4 is 37.4 Å². The Bertz CT molecular complexity index is 872. The Hall–Kier alpha value is -1.55. The van der Waals surface area contributed by atoms with Crippen LogP contribution in [0.15, 0.2) is 28.6 Å². The smallest absolute Gasteiger partial charge is 0.308 e. The molecule has 2 unspecified atom stereocenters. The van der Waals surface area contributed by atoms with E-state index in [-0.39, 0.29) is 16.5 Å². The van der Waals surface area contributed by atoms with Gasteiger partial charge in [-0.05, 0) is 26.0 Å². The summed E-state index contributed by atoms with van der Waals surface area (Å²) in [7, 11) is -2.31. The maximum Gasteiger partial charge on any atom is 0.308 e. The third kappa shape index (κ3) is 4.40. The second-order valence-corrected chi connectivity index (χ2v) is 9.86. The first-order valence-electron chi connectivity index (χ1n) is 8.19. The summed E-state index contributed by atoms with van der Waals surface area (Å²) in [5, 5.41) is 0. The molecule has 0 N–H and O–H groups in total. The predicted molar refractivity (Wildman–Crippen MR) is 96.7 cm³/mol. The largest absolute Gasteiger partial charge is 0.469 e. The Morgan fingerprint density at radius 1 is 1.31 bits per heavy atom. The number of carbonyl (C=O) groups excluding carboxylic acids is 1. The van der Waals surface area contributed by atoms with Crippen LogP contribution in [0.25, 0.3) is 10.2 Å². The summed E-state index contributed by atoms with van der Waals surface area (Å²) >= 11 is 1.15. The number of para-hydroxylation sites is 1. The molecule has 0 spiro atoms. The topological polar surface area (TPSA) is 91.8 Å². The molecule has 0 bridgehead atoms. The van der Waals surface area contributed by atoms with E-state index in [1.165, 1.54) is 7.11 Å². The van der Waals surface area contributed by atoms with Gasteiger partial charge in [0, 0.05) is 6.42 Å². The Morgan fingerprint density at radius 3 is 2.69 bits per heavy atom. The fraction of sp³-hybridized carbons (Fsp3) is 0.529. The van der Waals surface area contributed by atoms with Crippen LogP contribution in [0.4, 0.5) is 0 Å². The van der Waals surface area contributed by atoms with E-state index in [1.807, 2.05) is 18.2 Å². The average Bonchev–Trinajstić information content (AvgIpc) is 2.97. The number of benzene rings is 1. The SMILES string of the molecule is COC(=O)CC1CC(CS(=O)(=O)c2nc3ccccc3s2)OC(C)(C)O1. The van der Waals surface area contributed by atoms with Crippen LogP contribution in [0.2, 0.25) is 0 Å². The fourth-order valence-electron chi connectivity index (χ4n) is 3.02. The summed E-state index contributed by atoms with van der Waals surface area (Å²) in [4.78, 5) is 15.8. The highest BCUT2D eigenvalue weighted by Crippen LogP contribution is 2.32. The number of carbonyl (C=O) groups is 1. The van der Waals surface area contributed by atoms with Crippen LogP contribution in [0, 0.1) is 0 Å².